The second kappa shape index (κ2) is 4.88. The first kappa shape index (κ1) is 12.9. The van der Waals surface area contributed by atoms with Crippen LogP contribution in [0.15, 0.2) is 16.7 Å². The Labute approximate surface area is 127 Å². The zero-order valence-electron chi connectivity index (χ0n) is 11.5. The Morgan fingerprint density at radius 1 is 1.30 bits per heavy atom. The van der Waals surface area contributed by atoms with Gasteiger partial charge in [-0.3, -0.25) is 4.79 Å². The van der Waals surface area contributed by atoms with Gasteiger partial charge in [0, 0.05) is 35.8 Å². The van der Waals surface area contributed by atoms with E-state index in [0.717, 1.165) is 29.8 Å². The lowest BCUT2D eigenvalue weighted by Gasteiger charge is -2.24. The largest absolute Gasteiger partial charge is 0.339 e. The number of amides is 1. The van der Waals surface area contributed by atoms with Crippen molar-refractivity contribution < 1.29 is 4.79 Å². The lowest BCUT2D eigenvalue weighted by Crippen LogP contribution is -2.41. The Morgan fingerprint density at radius 3 is 2.90 bits per heavy atom. The number of hydrogen-bond donors (Lipinski definition) is 1. The minimum absolute atomic E-state index is 0.207. The number of aromatic nitrogens is 1. The van der Waals surface area contributed by atoms with Crippen LogP contribution in [0.3, 0.4) is 0 Å². The summed E-state index contributed by atoms with van der Waals surface area (Å²) in [4.78, 5) is 14.9. The van der Waals surface area contributed by atoms with Gasteiger partial charge in [0.2, 0.25) is 0 Å². The molecule has 3 aliphatic rings. The number of rotatable bonds is 2. The summed E-state index contributed by atoms with van der Waals surface area (Å²) in [5.74, 6) is 0.860. The molecule has 2 unspecified atom stereocenters. The average molecular weight is 338 g/mol. The fraction of sp³-hybridized carbons (Fsp3) is 0.667. The molecular formula is C15H20BrN3O. The number of halogens is 1. The van der Waals surface area contributed by atoms with E-state index in [9.17, 15) is 4.79 Å². The average Bonchev–Trinajstić information content (AvgIpc) is 3.08. The molecule has 1 aliphatic carbocycles. The minimum atomic E-state index is 0.207. The summed E-state index contributed by atoms with van der Waals surface area (Å²) < 4.78 is 3.18. The van der Waals surface area contributed by atoms with Crippen LogP contribution < -0.4 is 5.32 Å². The second-order valence-corrected chi connectivity index (χ2v) is 7.27. The molecule has 0 radical (unpaired) electrons. The molecule has 108 valence electrons. The maximum Gasteiger partial charge on any atom is 0.270 e. The lowest BCUT2D eigenvalue weighted by atomic mass is 9.94. The van der Waals surface area contributed by atoms with E-state index in [1.54, 1.807) is 0 Å². The van der Waals surface area contributed by atoms with Gasteiger partial charge in [-0.2, -0.15) is 0 Å². The summed E-state index contributed by atoms with van der Waals surface area (Å²) >= 11 is 3.51. The van der Waals surface area contributed by atoms with Crippen LogP contribution in [0.4, 0.5) is 0 Å². The van der Waals surface area contributed by atoms with E-state index in [-0.39, 0.29) is 5.91 Å². The van der Waals surface area contributed by atoms with Crippen LogP contribution in [-0.2, 0) is 0 Å². The zero-order chi connectivity index (χ0) is 13.7. The van der Waals surface area contributed by atoms with Crippen LogP contribution in [0.2, 0.25) is 0 Å². The molecule has 2 saturated heterocycles. The van der Waals surface area contributed by atoms with Gasteiger partial charge in [-0.15, -0.1) is 0 Å². The van der Waals surface area contributed by atoms with Crippen LogP contribution in [0.25, 0.3) is 0 Å². The Morgan fingerprint density at radius 2 is 2.15 bits per heavy atom. The van der Waals surface area contributed by atoms with Crippen molar-refractivity contribution in [1.82, 2.24) is 14.8 Å². The summed E-state index contributed by atoms with van der Waals surface area (Å²) in [6.07, 6.45) is 6.97. The first-order valence-corrected chi connectivity index (χ1v) is 8.42. The van der Waals surface area contributed by atoms with Crippen molar-refractivity contribution >= 4 is 21.8 Å². The van der Waals surface area contributed by atoms with Gasteiger partial charge in [0.15, 0.2) is 0 Å². The fourth-order valence-corrected chi connectivity index (χ4v) is 4.08. The molecule has 1 amide bonds. The molecule has 0 spiro atoms. The number of nitrogens with zero attached hydrogens (tertiary/aromatic N) is 2. The van der Waals surface area contributed by atoms with Crippen molar-refractivity contribution in [2.45, 2.75) is 37.8 Å². The van der Waals surface area contributed by atoms with Crippen LogP contribution >= 0.6 is 15.9 Å². The highest BCUT2D eigenvalue weighted by atomic mass is 79.9. The van der Waals surface area contributed by atoms with Crippen molar-refractivity contribution in [1.29, 1.82) is 0 Å². The second-order valence-electron chi connectivity index (χ2n) is 6.36. The Balaban J connectivity index is 1.55. The maximum absolute atomic E-state index is 12.8. The van der Waals surface area contributed by atoms with Gasteiger partial charge in [0.05, 0.1) is 0 Å². The SMILES string of the molecule is O=C(c1cc(Br)cn1C1CC1)N1CC2CCCNC2C1. The van der Waals surface area contributed by atoms with Gasteiger partial charge in [-0.05, 0) is 60.1 Å². The molecule has 20 heavy (non-hydrogen) atoms. The van der Waals surface area contributed by atoms with E-state index in [1.165, 1.54) is 25.7 Å². The van der Waals surface area contributed by atoms with Gasteiger partial charge in [0.1, 0.15) is 5.69 Å². The summed E-state index contributed by atoms with van der Waals surface area (Å²) in [6, 6.07) is 3.04. The van der Waals surface area contributed by atoms with E-state index in [4.69, 9.17) is 0 Å². The molecule has 3 fully saturated rings. The Hall–Kier alpha value is -0.810. The summed E-state index contributed by atoms with van der Waals surface area (Å²) in [5, 5.41) is 3.56. The van der Waals surface area contributed by atoms with Crippen LogP contribution in [-0.4, -0.2) is 41.1 Å². The molecule has 1 saturated carbocycles. The number of carbonyl (C=O) groups excluding carboxylic acids is 1. The molecule has 4 rings (SSSR count). The Kier molecular flexibility index (Phi) is 3.15. The van der Waals surface area contributed by atoms with Gasteiger partial charge in [-0.1, -0.05) is 0 Å². The number of hydrogen-bond acceptors (Lipinski definition) is 2. The van der Waals surface area contributed by atoms with E-state index < -0.39 is 0 Å². The fourth-order valence-electron chi connectivity index (χ4n) is 3.65. The molecule has 2 atom stereocenters. The monoisotopic (exact) mass is 337 g/mol. The number of carbonyl (C=O) groups is 1. The van der Waals surface area contributed by atoms with E-state index in [2.05, 4.69) is 32.0 Å². The molecule has 0 aromatic carbocycles. The predicted molar refractivity (Wildman–Crippen MR) is 80.8 cm³/mol. The maximum atomic E-state index is 12.8. The van der Waals surface area contributed by atoms with Crippen LogP contribution in [0.1, 0.15) is 42.2 Å². The normalized spacial score (nSPS) is 29.6. The lowest BCUT2D eigenvalue weighted by molar-refractivity contribution is 0.0774. The molecule has 3 heterocycles. The van der Waals surface area contributed by atoms with Crippen molar-refractivity contribution in [3.63, 3.8) is 0 Å². The first-order chi connectivity index (χ1) is 9.72. The molecule has 1 aromatic rings. The van der Waals surface area contributed by atoms with Crippen molar-refractivity contribution in [2.24, 2.45) is 5.92 Å². The highest BCUT2D eigenvalue weighted by Crippen LogP contribution is 2.38. The highest BCUT2D eigenvalue weighted by Gasteiger charge is 2.38. The van der Waals surface area contributed by atoms with Crippen LogP contribution in [0.5, 0.6) is 0 Å². The quantitative estimate of drug-likeness (QED) is 0.899. The molecule has 0 bridgehead atoms. The molecular weight excluding hydrogens is 318 g/mol. The predicted octanol–water partition coefficient (Wildman–Crippen LogP) is 2.41. The number of fused-ring (bicyclic) bond motifs is 1. The standard InChI is InChI=1S/C15H20BrN3O/c16-11-6-14(19(8-11)12-3-4-12)15(20)18-7-10-2-1-5-17-13(10)9-18/h6,8,10,12-13,17H,1-5,7,9H2. The zero-order valence-corrected chi connectivity index (χ0v) is 13.1. The topological polar surface area (TPSA) is 37.3 Å². The third kappa shape index (κ3) is 2.21. The van der Waals surface area contributed by atoms with Gasteiger partial charge >= 0.3 is 0 Å². The molecule has 2 aliphatic heterocycles. The van der Waals surface area contributed by atoms with E-state index in [0.29, 0.717) is 18.0 Å². The van der Waals surface area contributed by atoms with Crippen molar-refractivity contribution in [3.05, 3.63) is 22.4 Å². The highest BCUT2D eigenvalue weighted by molar-refractivity contribution is 9.10. The van der Waals surface area contributed by atoms with Gasteiger partial charge in [0.25, 0.3) is 5.91 Å². The molecule has 4 nitrogen and oxygen atoms in total. The number of piperidine rings is 1. The van der Waals surface area contributed by atoms with Crippen LogP contribution in [0, 0.1) is 5.92 Å². The van der Waals surface area contributed by atoms with Gasteiger partial charge in [-0.25, -0.2) is 0 Å². The summed E-state index contributed by atoms with van der Waals surface area (Å²) in [5.41, 5.74) is 0.859. The molecule has 1 aromatic heterocycles. The molecule has 5 heteroatoms. The minimum Gasteiger partial charge on any atom is -0.339 e. The van der Waals surface area contributed by atoms with E-state index in [1.807, 2.05) is 11.0 Å². The smallest absolute Gasteiger partial charge is 0.270 e. The summed E-state index contributed by atoms with van der Waals surface area (Å²) in [6.45, 7) is 2.90. The molecule has 1 N–H and O–H groups in total. The van der Waals surface area contributed by atoms with E-state index >= 15 is 0 Å². The van der Waals surface area contributed by atoms with Gasteiger partial charge < -0.3 is 14.8 Å². The number of nitrogens with one attached hydrogen (secondary N) is 1. The first-order valence-electron chi connectivity index (χ1n) is 7.62. The summed E-state index contributed by atoms with van der Waals surface area (Å²) in [7, 11) is 0. The Bertz CT molecular complexity index is 523. The third-order valence-corrected chi connectivity index (χ3v) is 5.29. The third-order valence-electron chi connectivity index (χ3n) is 4.86. The van der Waals surface area contributed by atoms with Crippen molar-refractivity contribution in [3.8, 4) is 0 Å². The van der Waals surface area contributed by atoms with Crippen molar-refractivity contribution in [2.75, 3.05) is 19.6 Å². The number of likely N-dealkylation sites (tertiary alicyclic amines) is 1.